The molecule has 21 heavy (non-hydrogen) atoms. The second-order valence-electron chi connectivity index (χ2n) is 5.68. The van der Waals surface area contributed by atoms with Crippen molar-refractivity contribution in [3.8, 4) is 0 Å². The standard InChI is InChI=1S/C14H17IN4O2/c1-14(2,3)19-13(21)18(9-16-19)8-12(20)17-11-6-4-10(15)5-7-11/h4-7,9H,8H2,1-3H3,(H,17,20). The van der Waals surface area contributed by atoms with E-state index in [1.165, 1.54) is 15.6 Å². The van der Waals surface area contributed by atoms with Gasteiger partial charge in [-0.05, 0) is 67.6 Å². The third-order valence-electron chi connectivity index (χ3n) is 2.81. The first-order valence-electron chi connectivity index (χ1n) is 6.48. The van der Waals surface area contributed by atoms with E-state index in [1.807, 2.05) is 45.0 Å². The molecular formula is C14H17IN4O2. The van der Waals surface area contributed by atoms with Gasteiger partial charge >= 0.3 is 5.69 Å². The van der Waals surface area contributed by atoms with Crippen LogP contribution in [0.25, 0.3) is 0 Å². The Kier molecular flexibility index (Phi) is 4.50. The number of hydrogen-bond donors (Lipinski definition) is 1. The van der Waals surface area contributed by atoms with Crippen molar-refractivity contribution in [3.63, 3.8) is 0 Å². The quantitative estimate of drug-likeness (QED) is 0.802. The van der Waals surface area contributed by atoms with Gasteiger partial charge in [0.1, 0.15) is 12.9 Å². The highest BCUT2D eigenvalue weighted by atomic mass is 127. The minimum atomic E-state index is -0.408. The van der Waals surface area contributed by atoms with E-state index in [-0.39, 0.29) is 18.1 Å². The number of aromatic nitrogens is 3. The highest BCUT2D eigenvalue weighted by molar-refractivity contribution is 14.1. The minimum Gasteiger partial charge on any atom is -0.325 e. The minimum absolute atomic E-state index is 0.0547. The molecule has 2 aromatic rings. The normalized spacial score (nSPS) is 11.4. The van der Waals surface area contributed by atoms with Gasteiger partial charge in [-0.25, -0.2) is 9.48 Å². The van der Waals surface area contributed by atoms with Crippen LogP contribution in [0.1, 0.15) is 20.8 Å². The summed E-state index contributed by atoms with van der Waals surface area (Å²) < 4.78 is 3.76. The number of rotatable bonds is 3. The average Bonchev–Trinajstić information content (AvgIpc) is 2.73. The van der Waals surface area contributed by atoms with Gasteiger partial charge < -0.3 is 5.32 Å². The molecule has 7 heteroatoms. The van der Waals surface area contributed by atoms with E-state index < -0.39 is 5.54 Å². The van der Waals surface area contributed by atoms with Crippen molar-refractivity contribution in [3.05, 3.63) is 44.6 Å². The van der Waals surface area contributed by atoms with Gasteiger partial charge in [0, 0.05) is 9.26 Å². The maximum Gasteiger partial charge on any atom is 0.346 e. The predicted molar refractivity (Wildman–Crippen MR) is 89.3 cm³/mol. The number of carbonyl (C=O) groups is 1. The molecule has 0 aliphatic heterocycles. The van der Waals surface area contributed by atoms with Crippen molar-refractivity contribution in [2.45, 2.75) is 32.9 Å². The molecule has 1 aromatic carbocycles. The van der Waals surface area contributed by atoms with Gasteiger partial charge in [-0.1, -0.05) is 0 Å². The van der Waals surface area contributed by atoms with E-state index in [0.717, 1.165) is 3.57 Å². The van der Waals surface area contributed by atoms with Gasteiger partial charge in [-0.3, -0.25) is 9.36 Å². The molecule has 0 fully saturated rings. The van der Waals surface area contributed by atoms with E-state index in [2.05, 4.69) is 33.0 Å². The van der Waals surface area contributed by atoms with Gasteiger partial charge in [-0.15, -0.1) is 0 Å². The lowest BCUT2D eigenvalue weighted by atomic mass is 10.1. The smallest absolute Gasteiger partial charge is 0.325 e. The number of nitrogens with zero attached hydrogens (tertiary/aromatic N) is 3. The maximum atomic E-state index is 12.1. The Morgan fingerprint density at radius 2 is 1.90 bits per heavy atom. The molecule has 0 atom stereocenters. The summed E-state index contributed by atoms with van der Waals surface area (Å²) in [7, 11) is 0. The Balaban J connectivity index is 2.08. The summed E-state index contributed by atoms with van der Waals surface area (Å²) in [4.78, 5) is 24.1. The fraction of sp³-hybridized carbons (Fsp3) is 0.357. The van der Waals surface area contributed by atoms with Crippen LogP contribution in [0.4, 0.5) is 5.69 Å². The lowest BCUT2D eigenvalue weighted by Crippen LogP contribution is -2.37. The second kappa shape index (κ2) is 6.00. The molecule has 1 N–H and O–H groups in total. The molecule has 0 bridgehead atoms. The van der Waals surface area contributed by atoms with Crippen LogP contribution in [0, 0.1) is 3.57 Å². The van der Waals surface area contributed by atoms with Crippen LogP contribution in [0.5, 0.6) is 0 Å². The van der Waals surface area contributed by atoms with Crippen LogP contribution in [0.15, 0.2) is 35.4 Å². The molecule has 0 aliphatic carbocycles. The number of nitrogens with one attached hydrogen (secondary N) is 1. The van der Waals surface area contributed by atoms with E-state index in [4.69, 9.17) is 0 Å². The van der Waals surface area contributed by atoms with Crippen LogP contribution >= 0.6 is 22.6 Å². The summed E-state index contributed by atoms with van der Waals surface area (Å²) in [5.74, 6) is -0.258. The van der Waals surface area contributed by atoms with E-state index in [1.54, 1.807) is 0 Å². The van der Waals surface area contributed by atoms with E-state index in [0.29, 0.717) is 5.69 Å². The zero-order chi connectivity index (χ0) is 15.6. The van der Waals surface area contributed by atoms with Gasteiger partial charge in [0.25, 0.3) is 0 Å². The van der Waals surface area contributed by atoms with Crippen LogP contribution in [0.2, 0.25) is 0 Å². The van der Waals surface area contributed by atoms with Crippen molar-refractivity contribution >= 4 is 34.2 Å². The number of carbonyl (C=O) groups excluding carboxylic acids is 1. The molecule has 0 spiro atoms. The zero-order valence-corrected chi connectivity index (χ0v) is 14.3. The highest BCUT2D eigenvalue weighted by Gasteiger charge is 2.19. The Bertz CT molecular complexity index is 695. The number of anilines is 1. The zero-order valence-electron chi connectivity index (χ0n) is 12.1. The fourth-order valence-electron chi connectivity index (χ4n) is 1.79. The highest BCUT2D eigenvalue weighted by Crippen LogP contribution is 2.11. The van der Waals surface area contributed by atoms with Gasteiger partial charge in [0.05, 0.1) is 5.54 Å². The molecule has 0 saturated heterocycles. The predicted octanol–water partition coefficient (Wildman–Crippen LogP) is 2.04. The Labute approximate surface area is 136 Å². The summed E-state index contributed by atoms with van der Waals surface area (Å²) in [6.45, 7) is 5.60. The summed E-state index contributed by atoms with van der Waals surface area (Å²) in [5, 5.41) is 6.80. The van der Waals surface area contributed by atoms with Crippen molar-refractivity contribution < 1.29 is 4.79 Å². The molecule has 1 aromatic heterocycles. The van der Waals surface area contributed by atoms with Crippen molar-refractivity contribution in [1.29, 1.82) is 0 Å². The lowest BCUT2D eigenvalue weighted by molar-refractivity contribution is -0.116. The molecule has 0 aliphatic rings. The lowest BCUT2D eigenvalue weighted by Gasteiger charge is -2.16. The molecule has 0 unspecified atom stereocenters. The number of hydrogen-bond acceptors (Lipinski definition) is 3. The summed E-state index contributed by atoms with van der Waals surface area (Å²) in [6, 6.07) is 7.45. The van der Waals surface area contributed by atoms with E-state index >= 15 is 0 Å². The van der Waals surface area contributed by atoms with Crippen molar-refractivity contribution in [2.24, 2.45) is 0 Å². The molecule has 6 nitrogen and oxygen atoms in total. The summed E-state index contributed by atoms with van der Waals surface area (Å²) in [5.41, 5.74) is 0.00602. The monoisotopic (exact) mass is 400 g/mol. The summed E-state index contributed by atoms with van der Waals surface area (Å²) in [6.07, 6.45) is 1.39. The molecule has 0 saturated carbocycles. The first kappa shape index (κ1) is 15.7. The molecule has 2 rings (SSSR count). The Morgan fingerprint density at radius 1 is 1.29 bits per heavy atom. The topological polar surface area (TPSA) is 68.9 Å². The first-order chi connectivity index (χ1) is 9.77. The number of benzene rings is 1. The van der Waals surface area contributed by atoms with Gasteiger partial charge in [-0.2, -0.15) is 5.10 Å². The average molecular weight is 400 g/mol. The number of halogens is 1. The third-order valence-corrected chi connectivity index (χ3v) is 3.53. The van der Waals surface area contributed by atoms with Crippen molar-refractivity contribution in [1.82, 2.24) is 14.3 Å². The molecule has 1 heterocycles. The van der Waals surface area contributed by atoms with Crippen molar-refractivity contribution in [2.75, 3.05) is 5.32 Å². The van der Waals surface area contributed by atoms with Crippen LogP contribution in [-0.4, -0.2) is 20.3 Å². The largest absolute Gasteiger partial charge is 0.346 e. The fourth-order valence-corrected chi connectivity index (χ4v) is 2.15. The molecule has 0 radical (unpaired) electrons. The molecule has 1 amide bonds. The Hall–Kier alpha value is -1.64. The van der Waals surface area contributed by atoms with Crippen LogP contribution in [0.3, 0.4) is 0 Å². The summed E-state index contributed by atoms with van der Waals surface area (Å²) >= 11 is 2.19. The van der Waals surface area contributed by atoms with Gasteiger partial charge in [0.2, 0.25) is 5.91 Å². The molecule has 112 valence electrons. The number of amides is 1. The van der Waals surface area contributed by atoms with E-state index in [9.17, 15) is 9.59 Å². The molecular weight excluding hydrogens is 383 g/mol. The third kappa shape index (κ3) is 3.93. The SMILES string of the molecule is CC(C)(C)n1ncn(CC(=O)Nc2ccc(I)cc2)c1=O. The Morgan fingerprint density at radius 3 is 2.43 bits per heavy atom. The maximum absolute atomic E-state index is 12.1. The van der Waals surface area contributed by atoms with Gasteiger partial charge in [0.15, 0.2) is 0 Å². The first-order valence-corrected chi connectivity index (χ1v) is 7.55. The second-order valence-corrected chi connectivity index (χ2v) is 6.92. The van der Waals surface area contributed by atoms with Crippen LogP contribution in [-0.2, 0) is 16.9 Å². The van der Waals surface area contributed by atoms with Crippen LogP contribution < -0.4 is 11.0 Å².